The number of rotatable bonds is 1. The molecule has 94 valence electrons. The van der Waals surface area contributed by atoms with Crippen LogP contribution in [0.25, 0.3) is 0 Å². The second kappa shape index (κ2) is 2.42. The van der Waals surface area contributed by atoms with Crippen LogP contribution in [-0.2, 0) is 0 Å². The molecule has 0 spiro atoms. The van der Waals surface area contributed by atoms with Gasteiger partial charge < -0.3 is 0 Å². The van der Waals surface area contributed by atoms with Gasteiger partial charge in [0.15, 0.2) is 0 Å². The molecular formula is C14H30Si2. The summed E-state index contributed by atoms with van der Waals surface area (Å²) in [5.74, 6) is 0. The predicted molar refractivity (Wildman–Crippen MR) is 79.4 cm³/mol. The van der Waals surface area contributed by atoms with Crippen LogP contribution >= 0.6 is 0 Å². The van der Waals surface area contributed by atoms with Gasteiger partial charge in [-0.25, -0.2) is 0 Å². The lowest BCUT2D eigenvalue weighted by molar-refractivity contribution is 0.628. The van der Waals surface area contributed by atoms with Gasteiger partial charge in [0.25, 0.3) is 0 Å². The zero-order valence-corrected chi connectivity index (χ0v) is 15.0. The van der Waals surface area contributed by atoms with E-state index in [4.69, 9.17) is 0 Å². The molecular weight excluding hydrogens is 224 g/mol. The summed E-state index contributed by atoms with van der Waals surface area (Å²) < 4.78 is 0. The zero-order chi connectivity index (χ0) is 13.0. The zero-order valence-electron chi connectivity index (χ0n) is 13.0. The molecule has 0 saturated carbocycles. The SMILES string of the molecule is CC1(C)C(C)(C)[Si]1(C)[Si]1(C)C(C)(C)C1(C)C. The van der Waals surface area contributed by atoms with Crippen LogP contribution in [0.4, 0.5) is 0 Å². The van der Waals surface area contributed by atoms with Crippen LogP contribution in [0, 0.1) is 0 Å². The van der Waals surface area contributed by atoms with Gasteiger partial charge in [-0.1, -0.05) is 68.5 Å². The molecule has 0 nitrogen and oxygen atoms in total. The molecule has 0 aliphatic carbocycles. The second-order valence-electron chi connectivity index (χ2n) is 8.75. The van der Waals surface area contributed by atoms with E-state index < -0.39 is 15.2 Å². The molecule has 2 aliphatic rings. The molecule has 2 saturated heterocycles. The maximum atomic E-state index is 2.73. The monoisotopic (exact) mass is 254 g/mol. The highest BCUT2D eigenvalue weighted by molar-refractivity contribution is 7.54. The molecule has 16 heavy (non-hydrogen) atoms. The fourth-order valence-electron chi connectivity index (χ4n) is 5.69. The van der Waals surface area contributed by atoms with Gasteiger partial charge in [-0.15, -0.1) is 0 Å². The highest BCUT2D eigenvalue weighted by Gasteiger charge is 2.94. The van der Waals surface area contributed by atoms with E-state index in [0.29, 0.717) is 20.2 Å². The molecule has 0 amide bonds. The van der Waals surface area contributed by atoms with E-state index in [-0.39, 0.29) is 0 Å². The molecule has 0 radical (unpaired) electrons. The molecule has 2 rings (SSSR count). The molecule has 0 bridgehead atoms. The number of hydrogen-bond donors (Lipinski definition) is 0. The second-order valence-corrected chi connectivity index (χ2v) is 24.2. The highest BCUT2D eigenvalue weighted by atomic mass is 29.3. The van der Waals surface area contributed by atoms with E-state index in [1.807, 2.05) is 0 Å². The molecule has 0 aromatic heterocycles. The summed E-state index contributed by atoms with van der Waals surface area (Å²) in [6.07, 6.45) is 0. The summed E-state index contributed by atoms with van der Waals surface area (Å²) in [7, 11) is -2.17. The maximum absolute atomic E-state index is 2.73. The van der Waals surface area contributed by atoms with Crippen LogP contribution in [0.1, 0.15) is 55.4 Å². The molecule has 0 unspecified atom stereocenters. The Morgan fingerprint density at radius 1 is 0.438 bits per heavy atom. The van der Waals surface area contributed by atoms with Gasteiger partial charge in [-0.3, -0.25) is 0 Å². The van der Waals surface area contributed by atoms with E-state index in [2.05, 4.69) is 68.5 Å². The van der Waals surface area contributed by atoms with Gasteiger partial charge in [0, 0.05) is 0 Å². The van der Waals surface area contributed by atoms with Crippen molar-refractivity contribution in [3.63, 3.8) is 0 Å². The Bertz CT molecular complexity index is 297. The summed E-state index contributed by atoms with van der Waals surface area (Å²) in [5.41, 5.74) is 0. The standard InChI is InChI=1S/C14H30Si2/c1-11(2)12(3,4)15(11,9)16(10)13(5,6)14(16,7)8/h1-10H3. The first-order chi connectivity index (χ1) is 6.75. The van der Waals surface area contributed by atoms with Crippen molar-refractivity contribution in [1.82, 2.24) is 0 Å². The molecule has 0 atom stereocenters. The van der Waals surface area contributed by atoms with Gasteiger partial charge in [0.1, 0.15) is 0 Å². The third-order valence-corrected chi connectivity index (χ3v) is 36.5. The van der Waals surface area contributed by atoms with E-state index in [1.165, 1.54) is 0 Å². The third kappa shape index (κ3) is 0.737. The molecule has 2 aliphatic heterocycles. The molecule has 0 aromatic rings. The Hall–Kier alpha value is 0.434. The lowest BCUT2D eigenvalue weighted by atomic mass is 10.0. The van der Waals surface area contributed by atoms with Gasteiger partial charge in [-0.2, -0.15) is 0 Å². The lowest BCUT2D eigenvalue weighted by Crippen LogP contribution is -2.45. The smallest absolute Gasteiger partial charge is 0.0572 e. The van der Waals surface area contributed by atoms with Crippen LogP contribution < -0.4 is 0 Å². The minimum atomic E-state index is -1.08. The topological polar surface area (TPSA) is 0 Å². The summed E-state index contributed by atoms with van der Waals surface area (Å²) in [5, 5.41) is 2.63. The van der Waals surface area contributed by atoms with Gasteiger partial charge in [0.2, 0.25) is 0 Å². The fourth-order valence-corrected chi connectivity index (χ4v) is 37.3. The van der Waals surface area contributed by atoms with Crippen LogP contribution in [-0.4, -0.2) is 15.2 Å². The normalized spacial score (nSPS) is 37.9. The fraction of sp³-hybridized carbons (Fsp3) is 1.00. The van der Waals surface area contributed by atoms with E-state index in [0.717, 1.165) is 0 Å². The van der Waals surface area contributed by atoms with Crippen molar-refractivity contribution in [2.45, 2.75) is 88.6 Å². The van der Waals surface area contributed by atoms with Gasteiger partial charge in [0.05, 0.1) is 15.2 Å². The largest absolute Gasteiger partial charge is 0.0703 e. The lowest BCUT2D eigenvalue weighted by Gasteiger charge is -2.26. The predicted octanol–water partition coefficient (Wildman–Crippen LogP) is 5.37. The van der Waals surface area contributed by atoms with Crippen molar-refractivity contribution < 1.29 is 0 Å². The molecule has 0 N–H and O–H groups in total. The van der Waals surface area contributed by atoms with Crippen molar-refractivity contribution in [1.29, 1.82) is 0 Å². The van der Waals surface area contributed by atoms with Crippen molar-refractivity contribution in [3.05, 3.63) is 0 Å². The Morgan fingerprint density at radius 2 is 0.562 bits per heavy atom. The molecule has 2 heteroatoms. The summed E-state index contributed by atoms with van der Waals surface area (Å²) >= 11 is 0. The van der Waals surface area contributed by atoms with E-state index in [9.17, 15) is 0 Å². The van der Waals surface area contributed by atoms with Gasteiger partial charge >= 0.3 is 0 Å². The first kappa shape index (κ1) is 12.9. The Balaban J connectivity index is 2.53. The average molecular weight is 255 g/mol. The van der Waals surface area contributed by atoms with E-state index in [1.54, 1.807) is 0 Å². The first-order valence-electron chi connectivity index (χ1n) is 6.75. The Kier molecular flexibility index (Phi) is 1.95. The van der Waals surface area contributed by atoms with Crippen molar-refractivity contribution in [3.8, 4) is 0 Å². The Labute approximate surface area is 104 Å². The minimum absolute atomic E-state index is 0.659. The summed E-state index contributed by atoms with van der Waals surface area (Å²) in [6, 6.07) is 0. The molecule has 2 heterocycles. The molecule has 2 fully saturated rings. The van der Waals surface area contributed by atoms with E-state index >= 15 is 0 Å². The molecule has 0 aromatic carbocycles. The third-order valence-electron chi connectivity index (χ3n) is 9.00. The van der Waals surface area contributed by atoms with Crippen LogP contribution in [0.3, 0.4) is 0 Å². The quantitative estimate of drug-likeness (QED) is 0.552. The first-order valence-corrected chi connectivity index (χ1v) is 12.8. The Morgan fingerprint density at radius 3 is 0.625 bits per heavy atom. The van der Waals surface area contributed by atoms with Crippen LogP contribution in [0.2, 0.25) is 33.2 Å². The highest BCUT2D eigenvalue weighted by Crippen LogP contribution is 2.96. The summed E-state index contributed by atoms with van der Waals surface area (Å²) in [6.45, 7) is 25.9. The van der Waals surface area contributed by atoms with Crippen LogP contribution in [0.15, 0.2) is 0 Å². The summed E-state index contributed by atoms with van der Waals surface area (Å²) in [4.78, 5) is 0. The van der Waals surface area contributed by atoms with Crippen LogP contribution in [0.5, 0.6) is 0 Å². The minimum Gasteiger partial charge on any atom is -0.0703 e. The number of hydrogen-bond acceptors (Lipinski definition) is 0. The maximum Gasteiger partial charge on any atom is 0.0572 e. The van der Waals surface area contributed by atoms with Crippen molar-refractivity contribution in [2.75, 3.05) is 0 Å². The average Bonchev–Trinajstić information content (AvgIpc) is 2.57. The van der Waals surface area contributed by atoms with Crippen molar-refractivity contribution in [2.24, 2.45) is 0 Å². The van der Waals surface area contributed by atoms with Gasteiger partial charge in [-0.05, 0) is 20.2 Å². The van der Waals surface area contributed by atoms with Crippen molar-refractivity contribution >= 4 is 15.2 Å².